The lowest BCUT2D eigenvalue weighted by Gasteiger charge is -2.22. The first-order valence-corrected chi connectivity index (χ1v) is 8.17. The van der Waals surface area contributed by atoms with E-state index in [4.69, 9.17) is 10.8 Å². The second-order valence-corrected chi connectivity index (χ2v) is 6.95. The van der Waals surface area contributed by atoms with Gasteiger partial charge < -0.3 is 5.43 Å². The molecule has 2 aliphatic rings. The van der Waals surface area contributed by atoms with Crippen molar-refractivity contribution in [1.82, 2.24) is 9.97 Å². The number of anilines is 1. The molecule has 0 bridgehead atoms. The predicted molar refractivity (Wildman–Crippen MR) is 79.3 cm³/mol. The summed E-state index contributed by atoms with van der Waals surface area (Å²) in [6.45, 7) is 2.07. The lowest BCUT2D eigenvalue weighted by Crippen LogP contribution is -2.14. The second kappa shape index (κ2) is 5.67. The van der Waals surface area contributed by atoms with Crippen LogP contribution in [-0.4, -0.2) is 15.2 Å². The largest absolute Gasteiger partial charge is 0.308 e. The topological polar surface area (TPSA) is 63.8 Å². The van der Waals surface area contributed by atoms with Gasteiger partial charge in [0, 0.05) is 16.7 Å². The molecule has 3 rings (SSSR count). The number of aromatic nitrogens is 2. The maximum atomic E-state index is 5.59. The fourth-order valence-electron chi connectivity index (χ4n) is 2.63. The Labute approximate surface area is 118 Å². The molecule has 0 amide bonds. The third-order valence-corrected chi connectivity index (χ3v) is 5.45. The molecule has 104 valence electrons. The van der Waals surface area contributed by atoms with Crippen LogP contribution in [0.25, 0.3) is 0 Å². The van der Waals surface area contributed by atoms with Gasteiger partial charge >= 0.3 is 0 Å². The van der Waals surface area contributed by atoms with Gasteiger partial charge in [-0.1, -0.05) is 19.3 Å². The number of nitrogens with one attached hydrogen (secondary N) is 1. The zero-order valence-electron chi connectivity index (χ0n) is 11.5. The molecule has 1 heterocycles. The van der Waals surface area contributed by atoms with Crippen LogP contribution in [0.3, 0.4) is 0 Å². The molecule has 0 unspecified atom stereocenters. The van der Waals surface area contributed by atoms with E-state index < -0.39 is 0 Å². The minimum Gasteiger partial charge on any atom is -0.308 e. The zero-order chi connectivity index (χ0) is 13.2. The van der Waals surface area contributed by atoms with Crippen LogP contribution in [-0.2, 0) is 0 Å². The highest BCUT2D eigenvalue weighted by Crippen LogP contribution is 2.41. The fraction of sp³-hybridized carbons (Fsp3) is 0.714. The normalized spacial score (nSPS) is 20.5. The van der Waals surface area contributed by atoms with Gasteiger partial charge in [-0.3, -0.25) is 0 Å². The minimum atomic E-state index is 0.568. The van der Waals surface area contributed by atoms with Gasteiger partial charge in [0.05, 0.1) is 0 Å². The summed E-state index contributed by atoms with van der Waals surface area (Å²) in [6.07, 6.45) is 9.19. The average molecular weight is 278 g/mol. The summed E-state index contributed by atoms with van der Waals surface area (Å²) < 4.78 is 0. The fourth-order valence-corrected chi connectivity index (χ4v) is 3.94. The summed E-state index contributed by atoms with van der Waals surface area (Å²) in [5, 5.41) is 1.86. The molecule has 0 aromatic carbocycles. The van der Waals surface area contributed by atoms with Crippen molar-refractivity contribution in [3.63, 3.8) is 0 Å². The average Bonchev–Trinajstić information content (AvgIpc) is 3.27. The highest BCUT2D eigenvalue weighted by Gasteiger charge is 2.28. The summed E-state index contributed by atoms with van der Waals surface area (Å²) in [7, 11) is 0. The quantitative estimate of drug-likeness (QED) is 0.502. The Morgan fingerprint density at radius 3 is 2.47 bits per heavy atom. The molecule has 0 atom stereocenters. The molecule has 2 fully saturated rings. The van der Waals surface area contributed by atoms with Gasteiger partial charge in [-0.15, -0.1) is 11.8 Å². The summed E-state index contributed by atoms with van der Waals surface area (Å²) in [5.74, 6) is 7.94. The molecule has 2 aliphatic carbocycles. The van der Waals surface area contributed by atoms with Crippen molar-refractivity contribution in [2.24, 2.45) is 5.84 Å². The van der Waals surface area contributed by atoms with Gasteiger partial charge in [0.25, 0.3) is 0 Å². The van der Waals surface area contributed by atoms with E-state index >= 15 is 0 Å². The predicted octanol–water partition coefficient (Wildman–Crippen LogP) is 3.37. The van der Waals surface area contributed by atoms with Crippen LogP contribution in [0.2, 0.25) is 0 Å². The Morgan fingerprint density at radius 2 is 1.84 bits per heavy atom. The standard InChI is InChI=1S/C14H22N4S/c1-9-12(18-15)16-13(10-7-8-10)17-14(9)19-11-5-3-2-4-6-11/h10-11H,2-8,15H2,1H3,(H,16,17,18). The molecule has 3 N–H and O–H groups in total. The first-order valence-electron chi connectivity index (χ1n) is 7.29. The molecule has 0 spiro atoms. The number of nitrogens with two attached hydrogens (primary N) is 1. The maximum Gasteiger partial charge on any atom is 0.147 e. The van der Waals surface area contributed by atoms with Crippen LogP contribution >= 0.6 is 11.8 Å². The third kappa shape index (κ3) is 3.03. The Balaban J connectivity index is 1.83. The van der Waals surface area contributed by atoms with Gasteiger partial charge in [-0.2, -0.15) is 0 Å². The number of thioether (sulfide) groups is 1. The molecular weight excluding hydrogens is 256 g/mol. The molecule has 19 heavy (non-hydrogen) atoms. The first kappa shape index (κ1) is 13.2. The number of hydrogen-bond acceptors (Lipinski definition) is 5. The van der Waals surface area contributed by atoms with Gasteiger partial charge in [0.1, 0.15) is 16.7 Å². The van der Waals surface area contributed by atoms with Crippen molar-refractivity contribution in [2.75, 3.05) is 5.43 Å². The second-order valence-electron chi connectivity index (χ2n) is 5.66. The van der Waals surface area contributed by atoms with E-state index in [0.717, 1.165) is 27.5 Å². The highest BCUT2D eigenvalue weighted by atomic mass is 32.2. The Hall–Kier alpha value is -0.810. The van der Waals surface area contributed by atoms with Crippen LogP contribution in [0, 0.1) is 6.92 Å². The van der Waals surface area contributed by atoms with Gasteiger partial charge in [0.15, 0.2) is 0 Å². The maximum absolute atomic E-state index is 5.59. The van der Waals surface area contributed by atoms with E-state index in [2.05, 4.69) is 17.3 Å². The molecule has 4 nitrogen and oxygen atoms in total. The Kier molecular flexibility index (Phi) is 3.93. The zero-order valence-corrected chi connectivity index (χ0v) is 12.3. The summed E-state index contributed by atoms with van der Waals surface area (Å²) in [4.78, 5) is 9.34. The number of rotatable bonds is 4. The van der Waals surface area contributed by atoms with Crippen LogP contribution in [0.5, 0.6) is 0 Å². The first-order chi connectivity index (χ1) is 9.28. The summed E-state index contributed by atoms with van der Waals surface area (Å²) >= 11 is 1.93. The molecule has 0 aliphatic heterocycles. The number of nitrogen functional groups attached to an aromatic ring is 1. The molecule has 0 saturated heterocycles. The molecule has 2 saturated carbocycles. The monoisotopic (exact) mass is 278 g/mol. The van der Waals surface area contributed by atoms with Crippen molar-refractivity contribution in [3.8, 4) is 0 Å². The van der Waals surface area contributed by atoms with Crippen LogP contribution < -0.4 is 11.3 Å². The summed E-state index contributed by atoms with van der Waals surface area (Å²) in [6, 6.07) is 0. The van der Waals surface area contributed by atoms with E-state index in [0.29, 0.717) is 5.92 Å². The lowest BCUT2D eigenvalue weighted by atomic mass is 10.0. The lowest BCUT2D eigenvalue weighted by molar-refractivity contribution is 0.515. The van der Waals surface area contributed by atoms with Crippen molar-refractivity contribution in [2.45, 2.75) is 68.1 Å². The van der Waals surface area contributed by atoms with Crippen molar-refractivity contribution in [3.05, 3.63) is 11.4 Å². The van der Waals surface area contributed by atoms with Gasteiger partial charge in [-0.25, -0.2) is 15.8 Å². The molecule has 1 aromatic rings. The summed E-state index contributed by atoms with van der Waals surface area (Å²) in [5.41, 5.74) is 3.83. The van der Waals surface area contributed by atoms with Crippen molar-refractivity contribution in [1.29, 1.82) is 0 Å². The van der Waals surface area contributed by atoms with Crippen LogP contribution in [0.15, 0.2) is 5.03 Å². The van der Waals surface area contributed by atoms with Gasteiger partial charge in [0.2, 0.25) is 0 Å². The van der Waals surface area contributed by atoms with E-state index in [1.165, 1.54) is 44.9 Å². The number of nitrogens with zero attached hydrogens (tertiary/aromatic N) is 2. The van der Waals surface area contributed by atoms with Crippen LogP contribution in [0.1, 0.15) is 62.3 Å². The molecule has 5 heteroatoms. The van der Waals surface area contributed by atoms with Gasteiger partial charge in [-0.05, 0) is 32.6 Å². The minimum absolute atomic E-state index is 0.568. The van der Waals surface area contributed by atoms with E-state index in [-0.39, 0.29) is 0 Å². The van der Waals surface area contributed by atoms with E-state index in [9.17, 15) is 0 Å². The van der Waals surface area contributed by atoms with E-state index in [1.54, 1.807) is 0 Å². The Bertz CT molecular complexity index is 453. The highest BCUT2D eigenvalue weighted by molar-refractivity contribution is 7.99. The van der Waals surface area contributed by atoms with Crippen LogP contribution in [0.4, 0.5) is 5.82 Å². The third-order valence-electron chi connectivity index (χ3n) is 4.03. The van der Waals surface area contributed by atoms with Crippen molar-refractivity contribution >= 4 is 17.6 Å². The SMILES string of the molecule is Cc1c(NN)nc(C2CC2)nc1SC1CCCCC1. The molecular formula is C14H22N4S. The molecule has 1 aromatic heterocycles. The van der Waals surface area contributed by atoms with Crippen molar-refractivity contribution < 1.29 is 0 Å². The number of hydrogen-bond donors (Lipinski definition) is 2. The molecule has 0 radical (unpaired) electrons. The Morgan fingerprint density at radius 1 is 1.11 bits per heavy atom. The number of hydrazine groups is 1. The van der Waals surface area contributed by atoms with E-state index in [1.807, 2.05) is 11.8 Å². The smallest absolute Gasteiger partial charge is 0.147 e.